The Morgan fingerprint density at radius 2 is 1.93 bits per heavy atom. The summed E-state index contributed by atoms with van der Waals surface area (Å²) in [6, 6.07) is 13.5. The molecule has 0 bridgehead atoms. The van der Waals surface area contributed by atoms with Crippen molar-refractivity contribution >= 4 is 34.0 Å². The molecule has 0 fully saturated rings. The second-order valence-electron chi connectivity index (χ2n) is 6.58. The zero-order chi connectivity index (χ0) is 21.2. The van der Waals surface area contributed by atoms with E-state index in [0.29, 0.717) is 17.9 Å². The molecule has 0 aliphatic carbocycles. The second-order valence-corrected chi connectivity index (χ2v) is 7.44. The first kappa shape index (κ1) is 22.4. The molecule has 0 heterocycles. The first-order valence-corrected chi connectivity index (χ1v) is 9.93. The molecule has 0 saturated heterocycles. The number of carbonyl (C=O) groups excluding carboxylic acids is 2. The molecule has 7 heteroatoms. The highest BCUT2D eigenvalue weighted by atomic mass is 79.9. The topological polar surface area (TPSA) is 79.8 Å². The average Bonchev–Trinajstić information content (AvgIpc) is 2.71. The number of hydrazone groups is 1. The van der Waals surface area contributed by atoms with Crippen LogP contribution in [0.3, 0.4) is 0 Å². The molecule has 0 radical (unpaired) electrons. The van der Waals surface area contributed by atoms with Gasteiger partial charge < -0.3 is 10.1 Å². The zero-order valence-corrected chi connectivity index (χ0v) is 18.0. The van der Waals surface area contributed by atoms with Gasteiger partial charge in [0, 0.05) is 5.56 Å². The lowest BCUT2D eigenvalue weighted by Gasteiger charge is -2.20. The van der Waals surface area contributed by atoms with E-state index in [4.69, 9.17) is 4.74 Å². The molecule has 2 N–H and O–H groups in total. The van der Waals surface area contributed by atoms with Gasteiger partial charge in [-0.1, -0.05) is 44.7 Å². The predicted molar refractivity (Wildman–Crippen MR) is 118 cm³/mol. The van der Waals surface area contributed by atoms with Gasteiger partial charge in [0.1, 0.15) is 18.4 Å². The van der Waals surface area contributed by atoms with Crippen LogP contribution in [0.25, 0.3) is 0 Å². The summed E-state index contributed by atoms with van der Waals surface area (Å²) < 4.78 is 6.26. The molecule has 2 rings (SSSR count). The maximum absolute atomic E-state index is 12.5. The maximum atomic E-state index is 12.5. The fraction of sp³-hybridized carbons (Fsp3) is 0.227. The Morgan fingerprint density at radius 1 is 1.21 bits per heavy atom. The van der Waals surface area contributed by atoms with Crippen molar-refractivity contribution < 1.29 is 14.3 Å². The predicted octanol–water partition coefficient (Wildman–Crippen LogP) is 3.92. The van der Waals surface area contributed by atoms with Crippen LogP contribution in [0.15, 0.2) is 70.8 Å². The fourth-order valence-corrected chi connectivity index (χ4v) is 2.96. The average molecular weight is 458 g/mol. The first-order valence-electron chi connectivity index (χ1n) is 9.14. The highest BCUT2D eigenvalue weighted by Gasteiger charge is 2.24. The van der Waals surface area contributed by atoms with E-state index in [2.05, 4.69) is 38.4 Å². The van der Waals surface area contributed by atoms with Crippen molar-refractivity contribution in [1.82, 2.24) is 10.7 Å². The van der Waals surface area contributed by atoms with Gasteiger partial charge in [-0.3, -0.25) is 9.59 Å². The number of rotatable bonds is 9. The third-order valence-corrected chi connectivity index (χ3v) is 4.59. The highest BCUT2D eigenvalue weighted by molar-refractivity contribution is 9.10. The standard InChI is InChI=1S/C22H24BrN3O3/c1-4-12-29-19-11-10-16(13-18(19)23)14-24-26-22(28)20(15(2)3)25-21(27)17-8-6-5-7-9-17/h4-11,13-15,20H,1,12H2,2-3H3,(H,25,27)(H,26,28). The van der Waals surface area contributed by atoms with Crippen LogP contribution in [-0.4, -0.2) is 30.7 Å². The van der Waals surface area contributed by atoms with Gasteiger partial charge in [-0.05, 0) is 57.7 Å². The number of benzene rings is 2. The minimum atomic E-state index is -0.707. The SMILES string of the molecule is C=CCOc1ccc(C=NNC(=O)C(NC(=O)c2ccccc2)C(C)C)cc1Br. The molecule has 2 aromatic rings. The second kappa shape index (κ2) is 11.2. The molecule has 0 spiro atoms. The molecule has 1 unspecified atom stereocenters. The van der Waals surface area contributed by atoms with Crippen LogP contribution in [0, 0.1) is 5.92 Å². The quantitative estimate of drug-likeness (QED) is 0.340. The Kier molecular flexibility index (Phi) is 8.61. The van der Waals surface area contributed by atoms with Crippen molar-refractivity contribution in [3.8, 4) is 5.75 Å². The molecule has 29 heavy (non-hydrogen) atoms. The van der Waals surface area contributed by atoms with Crippen LogP contribution >= 0.6 is 15.9 Å². The van der Waals surface area contributed by atoms with E-state index >= 15 is 0 Å². The van der Waals surface area contributed by atoms with E-state index in [-0.39, 0.29) is 17.7 Å². The van der Waals surface area contributed by atoms with Gasteiger partial charge in [0.05, 0.1) is 10.7 Å². The van der Waals surface area contributed by atoms with Crippen molar-refractivity contribution in [2.24, 2.45) is 11.0 Å². The molecule has 0 aliphatic heterocycles. The summed E-state index contributed by atoms with van der Waals surface area (Å²) in [4.78, 5) is 24.9. The van der Waals surface area contributed by atoms with E-state index in [1.165, 1.54) is 6.21 Å². The van der Waals surface area contributed by atoms with Crippen molar-refractivity contribution in [3.05, 3.63) is 76.8 Å². The maximum Gasteiger partial charge on any atom is 0.262 e. The monoisotopic (exact) mass is 457 g/mol. The number of ether oxygens (including phenoxy) is 1. The summed E-state index contributed by atoms with van der Waals surface area (Å²) in [6.07, 6.45) is 3.19. The van der Waals surface area contributed by atoms with Gasteiger partial charge in [0.25, 0.3) is 11.8 Å². The van der Waals surface area contributed by atoms with Gasteiger partial charge in [0.2, 0.25) is 0 Å². The van der Waals surface area contributed by atoms with E-state index in [9.17, 15) is 9.59 Å². The van der Waals surface area contributed by atoms with Crippen molar-refractivity contribution in [3.63, 3.8) is 0 Å². The van der Waals surface area contributed by atoms with E-state index in [0.717, 1.165) is 10.0 Å². The summed E-state index contributed by atoms with van der Waals surface area (Å²) in [5.41, 5.74) is 3.77. The highest BCUT2D eigenvalue weighted by Crippen LogP contribution is 2.25. The Morgan fingerprint density at radius 3 is 2.55 bits per heavy atom. The minimum Gasteiger partial charge on any atom is -0.488 e. The Bertz CT molecular complexity index is 882. The lowest BCUT2D eigenvalue weighted by atomic mass is 10.0. The Hall–Kier alpha value is -2.93. The third-order valence-electron chi connectivity index (χ3n) is 3.97. The van der Waals surface area contributed by atoms with Crippen LogP contribution in [-0.2, 0) is 4.79 Å². The Balaban J connectivity index is 1.98. The number of halogens is 1. The van der Waals surface area contributed by atoms with Crippen LogP contribution in [0.1, 0.15) is 29.8 Å². The normalized spacial score (nSPS) is 11.9. The van der Waals surface area contributed by atoms with Crippen molar-refractivity contribution in [2.75, 3.05) is 6.61 Å². The summed E-state index contributed by atoms with van der Waals surface area (Å²) in [7, 11) is 0. The van der Waals surface area contributed by atoms with Gasteiger partial charge in [-0.15, -0.1) is 0 Å². The molecule has 0 saturated carbocycles. The molecular weight excluding hydrogens is 434 g/mol. The number of hydrogen-bond donors (Lipinski definition) is 2. The molecule has 0 aliphatic rings. The van der Waals surface area contributed by atoms with E-state index in [1.807, 2.05) is 32.0 Å². The van der Waals surface area contributed by atoms with Gasteiger partial charge in [-0.2, -0.15) is 5.10 Å². The van der Waals surface area contributed by atoms with Crippen LogP contribution in [0.2, 0.25) is 0 Å². The summed E-state index contributed by atoms with van der Waals surface area (Å²) in [5.74, 6) is -0.101. The minimum absolute atomic E-state index is 0.103. The molecule has 2 amide bonds. The smallest absolute Gasteiger partial charge is 0.262 e. The van der Waals surface area contributed by atoms with Crippen molar-refractivity contribution in [1.29, 1.82) is 0 Å². The van der Waals surface area contributed by atoms with E-state index in [1.54, 1.807) is 36.4 Å². The van der Waals surface area contributed by atoms with Crippen LogP contribution < -0.4 is 15.5 Å². The Labute approximate surface area is 179 Å². The third kappa shape index (κ3) is 6.87. The summed E-state index contributed by atoms with van der Waals surface area (Å²) >= 11 is 3.43. The van der Waals surface area contributed by atoms with Gasteiger partial charge >= 0.3 is 0 Å². The molecule has 0 aromatic heterocycles. The number of nitrogens with zero attached hydrogens (tertiary/aromatic N) is 1. The van der Waals surface area contributed by atoms with Crippen LogP contribution in [0.4, 0.5) is 0 Å². The van der Waals surface area contributed by atoms with Gasteiger partial charge in [0.15, 0.2) is 0 Å². The molecular formula is C22H24BrN3O3. The molecule has 2 aromatic carbocycles. The van der Waals surface area contributed by atoms with E-state index < -0.39 is 6.04 Å². The largest absolute Gasteiger partial charge is 0.488 e. The van der Waals surface area contributed by atoms with Gasteiger partial charge in [-0.25, -0.2) is 5.43 Å². The lowest BCUT2D eigenvalue weighted by Crippen LogP contribution is -2.48. The molecule has 1 atom stereocenters. The number of carbonyl (C=O) groups is 2. The van der Waals surface area contributed by atoms with Crippen molar-refractivity contribution in [2.45, 2.75) is 19.9 Å². The lowest BCUT2D eigenvalue weighted by molar-refractivity contribution is -0.123. The fourth-order valence-electron chi connectivity index (χ4n) is 2.45. The molecule has 152 valence electrons. The number of nitrogens with one attached hydrogen (secondary N) is 2. The summed E-state index contributed by atoms with van der Waals surface area (Å²) in [6.45, 7) is 7.74. The first-order chi connectivity index (χ1) is 13.9. The zero-order valence-electron chi connectivity index (χ0n) is 16.4. The molecule has 6 nitrogen and oxygen atoms in total. The number of amides is 2. The summed E-state index contributed by atoms with van der Waals surface area (Å²) in [5, 5.41) is 6.76. The van der Waals surface area contributed by atoms with Crippen LogP contribution in [0.5, 0.6) is 5.75 Å². The number of hydrogen-bond acceptors (Lipinski definition) is 4.